The van der Waals surface area contributed by atoms with E-state index in [2.05, 4.69) is 20.5 Å². The zero-order chi connectivity index (χ0) is 25.4. The van der Waals surface area contributed by atoms with E-state index in [9.17, 15) is 22.8 Å². The fourth-order valence-corrected chi connectivity index (χ4v) is 4.26. The van der Waals surface area contributed by atoms with E-state index in [1.807, 2.05) is 30.3 Å². The normalized spacial score (nSPS) is 12.7. The summed E-state index contributed by atoms with van der Waals surface area (Å²) < 4.78 is 40.9. The third kappa shape index (κ3) is 4.33. The van der Waals surface area contributed by atoms with Crippen molar-refractivity contribution in [2.45, 2.75) is 25.6 Å². The first kappa shape index (κ1) is 23.3. The molecular weight excluding hydrogens is 471 g/mol. The van der Waals surface area contributed by atoms with Crippen LogP contribution in [0.25, 0.3) is 32.9 Å². The van der Waals surface area contributed by atoms with Gasteiger partial charge in [0.05, 0.1) is 40.4 Å². The maximum Gasteiger partial charge on any atom is 0.406 e. The summed E-state index contributed by atoms with van der Waals surface area (Å²) in [5, 5.41) is 9.93. The van der Waals surface area contributed by atoms with E-state index in [4.69, 9.17) is 0 Å². The van der Waals surface area contributed by atoms with Gasteiger partial charge < -0.3 is 5.32 Å². The van der Waals surface area contributed by atoms with Crippen LogP contribution in [0.4, 0.5) is 18.9 Å². The first-order valence-corrected chi connectivity index (χ1v) is 11.1. The van der Waals surface area contributed by atoms with Crippen LogP contribution in [0.15, 0.2) is 78.0 Å². The Balaban J connectivity index is 1.60. The lowest BCUT2D eigenvalue weighted by molar-refractivity contribution is -0.140. The van der Waals surface area contributed by atoms with Crippen LogP contribution in [0.1, 0.15) is 18.4 Å². The van der Waals surface area contributed by atoms with E-state index in [1.165, 1.54) is 24.7 Å². The van der Waals surface area contributed by atoms with E-state index < -0.39 is 24.2 Å². The number of alkyl halides is 3. The highest BCUT2D eigenvalue weighted by atomic mass is 19.4. The molecule has 3 aromatic heterocycles. The van der Waals surface area contributed by atoms with Gasteiger partial charge in [-0.05, 0) is 30.2 Å². The summed E-state index contributed by atoms with van der Waals surface area (Å²) in [4.78, 5) is 29.9. The molecule has 2 aromatic carbocycles. The number of rotatable bonds is 5. The average molecular weight is 491 g/mol. The van der Waals surface area contributed by atoms with Gasteiger partial charge in [-0.1, -0.05) is 42.5 Å². The van der Waals surface area contributed by atoms with Crippen LogP contribution in [0.3, 0.4) is 0 Å². The van der Waals surface area contributed by atoms with Crippen LogP contribution in [0, 0.1) is 0 Å². The molecule has 3 heterocycles. The summed E-state index contributed by atoms with van der Waals surface area (Å²) >= 11 is 0. The Hall–Kier alpha value is -4.47. The highest BCUT2D eigenvalue weighted by Gasteiger charge is 2.30. The number of pyridine rings is 2. The van der Waals surface area contributed by atoms with E-state index in [0.29, 0.717) is 32.3 Å². The number of hydrogen-bond donors (Lipinski definition) is 2. The molecule has 0 saturated heterocycles. The van der Waals surface area contributed by atoms with Crippen molar-refractivity contribution in [3.8, 4) is 11.1 Å². The quantitative estimate of drug-likeness (QED) is 0.352. The van der Waals surface area contributed by atoms with Gasteiger partial charge in [-0.15, -0.1) is 0 Å². The van der Waals surface area contributed by atoms with Gasteiger partial charge in [0.2, 0.25) is 5.91 Å². The van der Waals surface area contributed by atoms with Crippen LogP contribution < -0.4 is 10.9 Å². The molecule has 0 fully saturated rings. The topological polar surface area (TPSA) is 92.7 Å². The number of hydrogen-bond acceptors (Lipinski definition) is 4. The third-order valence-corrected chi connectivity index (χ3v) is 6.09. The van der Waals surface area contributed by atoms with Crippen LogP contribution in [-0.4, -0.2) is 31.8 Å². The van der Waals surface area contributed by atoms with Crippen LogP contribution in [0.2, 0.25) is 0 Å². The molecular formula is C26H20F3N5O2. The molecule has 2 N–H and O–H groups in total. The Morgan fingerprint density at radius 3 is 2.61 bits per heavy atom. The Bertz CT molecular complexity index is 1640. The van der Waals surface area contributed by atoms with Crippen molar-refractivity contribution in [3.63, 3.8) is 0 Å². The Kier molecular flexibility index (Phi) is 5.79. The number of nitrogens with zero attached hydrogens (tertiary/aromatic N) is 3. The lowest BCUT2D eigenvalue weighted by Gasteiger charge is -2.17. The molecule has 0 saturated carbocycles. The predicted molar refractivity (Wildman–Crippen MR) is 131 cm³/mol. The minimum Gasteiger partial charge on any atom is -0.324 e. The van der Waals surface area contributed by atoms with Crippen molar-refractivity contribution in [1.82, 2.24) is 19.7 Å². The number of aromatic amines is 1. The molecule has 10 heteroatoms. The lowest BCUT2D eigenvalue weighted by Crippen LogP contribution is -2.28. The third-order valence-electron chi connectivity index (χ3n) is 6.09. The fraction of sp³-hybridized carbons (Fsp3) is 0.154. The second kappa shape index (κ2) is 8.95. The van der Waals surface area contributed by atoms with E-state index in [1.54, 1.807) is 25.1 Å². The molecule has 36 heavy (non-hydrogen) atoms. The predicted octanol–water partition coefficient (Wildman–Crippen LogP) is 5.24. The van der Waals surface area contributed by atoms with Crippen molar-refractivity contribution in [2.24, 2.45) is 0 Å². The zero-order valence-corrected chi connectivity index (χ0v) is 19.0. The highest BCUT2D eigenvalue weighted by molar-refractivity contribution is 6.05. The van der Waals surface area contributed by atoms with Crippen LogP contribution in [-0.2, 0) is 11.3 Å². The fourth-order valence-electron chi connectivity index (χ4n) is 4.26. The molecule has 0 aliphatic carbocycles. The summed E-state index contributed by atoms with van der Waals surface area (Å²) in [5.41, 5.74) is 1.97. The van der Waals surface area contributed by atoms with Gasteiger partial charge in [-0.3, -0.25) is 24.2 Å². The standard InChI is InChI=1S/C26H20F3N5O2/c1-15(16-5-3-2-4-6-16)24(35)32-21-13-30-10-9-18(21)17-7-8-19-22(11-17)34(14-26(27,28)29)25(36)20-12-31-33-23(19)20/h2-13,15H,14H2,1H3,(H,31,33)(H,32,35). The van der Waals surface area contributed by atoms with Gasteiger partial charge in [0, 0.05) is 17.1 Å². The number of carbonyl (C=O) groups excluding carboxylic acids is 1. The first-order valence-electron chi connectivity index (χ1n) is 11.1. The van der Waals surface area contributed by atoms with Gasteiger partial charge >= 0.3 is 6.18 Å². The smallest absolute Gasteiger partial charge is 0.324 e. The Morgan fingerprint density at radius 2 is 1.86 bits per heavy atom. The van der Waals surface area contributed by atoms with Crippen molar-refractivity contribution in [3.05, 3.63) is 89.1 Å². The average Bonchev–Trinajstić information content (AvgIpc) is 3.36. The van der Waals surface area contributed by atoms with E-state index in [-0.39, 0.29) is 16.8 Å². The van der Waals surface area contributed by atoms with Crippen molar-refractivity contribution >= 4 is 33.4 Å². The second-order valence-electron chi connectivity index (χ2n) is 8.44. The molecule has 7 nitrogen and oxygen atoms in total. The maximum absolute atomic E-state index is 13.4. The molecule has 0 spiro atoms. The number of amides is 1. The summed E-state index contributed by atoms with van der Waals surface area (Å²) in [6.45, 7) is 0.337. The molecule has 0 bridgehead atoms. The summed E-state index contributed by atoms with van der Waals surface area (Å²) in [5.74, 6) is -0.703. The molecule has 5 aromatic rings. The minimum atomic E-state index is -4.60. The van der Waals surface area contributed by atoms with Gasteiger partial charge in [-0.25, -0.2) is 0 Å². The van der Waals surface area contributed by atoms with Gasteiger partial charge in [0.25, 0.3) is 5.56 Å². The number of anilines is 1. The molecule has 0 radical (unpaired) electrons. The molecule has 5 rings (SSSR count). The zero-order valence-electron chi connectivity index (χ0n) is 19.0. The Morgan fingerprint density at radius 1 is 1.08 bits per heavy atom. The highest BCUT2D eigenvalue weighted by Crippen LogP contribution is 2.33. The molecule has 1 unspecified atom stereocenters. The van der Waals surface area contributed by atoms with Crippen molar-refractivity contribution < 1.29 is 18.0 Å². The molecule has 1 atom stereocenters. The number of nitrogens with one attached hydrogen (secondary N) is 2. The Labute approximate surface area is 202 Å². The summed E-state index contributed by atoms with van der Waals surface area (Å²) in [6, 6.07) is 15.8. The molecule has 0 aliphatic heterocycles. The molecule has 0 aliphatic rings. The van der Waals surface area contributed by atoms with Crippen molar-refractivity contribution in [2.75, 3.05) is 5.32 Å². The minimum absolute atomic E-state index is 0.0752. The summed E-state index contributed by atoms with van der Waals surface area (Å²) in [7, 11) is 0. The van der Waals surface area contributed by atoms with Crippen molar-refractivity contribution in [1.29, 1.82) is 0 Å². The summed E-state index contributed by atoms with van der Waals surface area (Å²) in [6.07, 6.45) is -0.372. The SMILES string of the molecule is CC(C(=O)Nc1cnccc1-c1ccc2c3[nH]ncc3c(=O)n(CC(F)(F)F)c2c1)c1ccccc1. The number of H-pyrrole nitrogens is 1. The van der Waals surface area contributed by atoms with Gasteiger partial charge in [0.15, 0.2) is 0 Å². The molecule has 1 amide bonds. The van der Waals surface area contributed by atoms with Gasteiger partial charge in [-0.2, -0.15) is 18.3 Å². The number of benzene rings is 2. The van der Waals surface area contributed by atoms with Gasteiger partial charge in [0.1, 0.15) is 6.54 Å². The second-order valence-corrected chi connectivity index (χ2v) is 8.44. The van der Waals surface area contributed by atoms with E-state index >= 15 is 0 Å². The number of carbonyl (C=O) groups is 1. The first-order chi connectivity index (χ1) is 17.2. The van der Waals surface area contributed by atoms with Crippen LogP contribution in [0.5, 0.6) is 0 Å². The number of halogens is 3. The lowest BCUT2D eigenvalue weighted by atomic mass is 9.99. The maximum atomic E-state index is 13.4. The number of fused-ring (bicyclic) bond motifs is 3. The monoisotopic (exact) mass is 491 g/mol. The number of aromatic nitrogens is 4. The van der Waals surface area contributed by atoms with E-state index in [0.717, 1.165) is 5.56 Å². The van der Waals surface area contributed by atoms with Crippen LogP contribution >= 0.6 is 0 Å². The largest absolute Gasteiger partial charge is 0.406 e. The molecule has 182 valence electrons.